The monoisotopic (exact) mass is 266 g/mol. The van der Waals surface area contributed by atoms with Crippen molar-refractivity contribution in [1.29, 1.82) is 0 Å². The predicted molar refractivity (Wildman–Crippen MR) is 58.9 cm³/mol. The van der Waals surface area contributed by atoms with E-state index in [2.05, 4.69) is 26.1 Å². The van der Waals surface area contributed by atoms with Crippen molar-refractivity contribution in [1.82, 2.24) is 10.2 Å². The largest absolute Gasteiger partial charge is 0.207 e. The predicted octanol–water partition coefficient (Wildman–Crippen LogP) is 2.97. The second-order valence-electron chi connectivity index (χ2n) is 3.17. The summed E-state index contributed by atoms with van der Waals surface area (Å²) in [5, 5.41) is 7.77. The van der Waals surface area contributed by atoms with Gasteiger partial charge in [-0.1, -0.05) is 12.1 Å². The summed E-state index contributed by atoms with van der Waals surface area (Å²) in [6.07, 6.45) is 2.21. The number of halogens is 2. The minimum Gasteiger partial charge on any atom is -0.207 e. The van der Waals surface area contributed by atoms with Crippen LogP contribution in [0.25, 0.3) is 0 Å². The van der Waals surface area contributed by atoms with Crippen molar-refractivity contribution in [3.8, 4) is 0 Å². The molecule has 0 aliphatic heterocycles. The fraction of sp³-hybridized carbons (Fsp3) is 0.0909. The van der Waals surface area contributed by atoms with Gasteiger partial charge in [-0.15, -0.1) is 0 Å². The normalized spacial score (nSPS) is 10.3. The van der Waals surface area contributed by atoms with Gasteiger partial charge in [0, 0.05) is 10.9 Å². The Hall–Kier alpha value is -1.29. The number of benzene rings is 1. The average Bonchev–Trinajstić information content (AvgIpc) is 2.17. The summed E-state index contributed by atoms with van der Waals surface area (Å²) < 4.78 is 13.8. The van der Waals surface area contributed by atoms with Gasteiger partial charge in [-0.3, -0.25) is 0 Å². The van der Waals surface area contributed by atoms with Crippen molar-refractivity contribution in [3.63, 3.8) is 0 Å². The van der Waals surface area contributed by atoms with E-state index in [1.165, 1.54) is 12.1 Å². The highest BCUT2D eigenvalue weighted by atomic mass is 79.9. The first kappa shape index (κ1) is 10.2. The second-order valence-corrected chi connectivity index (χ2v) is 4.09. The van der Waals surface area contributed by atoms with Crippen molar-refractivity contribution >= 4 is 15.9 Å². The van der Waals surface area contributed by atoms with Crippen LogP contribution in [0.5, 0.6) is 0 Å². The van der Waals surface area contributed by atoms with Crippen LogP contribution in [0.2, 0.25) is 0 Å². The van der Waals surface area contributed by atoms with Crippen LogP contribution >= 0.6 is 15.9 Å². The fourth-order valence-electron chi connectivity index (χ4n) is 1.33. The van der Waals surface area contributed by atoms with Gasteiger partial charge in [-0.25, -0.2) is 4.39 Å². The highest BCUT2D eigenvalue weighted by Gasteiger charge is 2.00. The van der Waals surface area contributed by atoms with Crippen LogP contribution in [-0.2, 0) is 6.42 Å². The molecule has 0 fully saturated rings. The standard InChI is InChI=1S/C11H8BrFN2/c12-9-6-11(15-14-7-9)5-8-2-1-3-10(13)4-8/h1-4,6-7H,5H2. The van der Waals surface area contributed by atoms with Crippen LogP contribution in [0.15, 0.2) is 41.0 Å². The highest BCUT2D eigenvalue weighted by Crippen LogP contribution is 2.12. The second kappa shape index (κ2) is 4.49. The molecular weight excluding hydrogens is 259 g/mol. The molecule has 0 amide bonds. The molecule has 4 heteroatoms. The van der Waals surface area contributed by atoms with E-state index >= 15 is 0 Å². The Kier molecular flexibility index (Phi) is 3.06. The first-order valence-electron chi connectivity index (χ1n) is 4.45. The Morgan fingerprint density at radius 3 is 2.87 bits per heavy atom. The Bertz CT molecular complexity index is 430. The van der Waals surface area contributed by atoms with Gasteiger partial charge in [0.15, 0.2) is 0 Å². The van der Waals surface area contributed by atoms with Gasteiger partial charge in [0.25, 0.3) is 0 Å². The Labute approximate surface area is 95.3 Å². The molecule has 0 aliphatic carbocycles. The molecule has 1 aromatic heterocycles. The molecule has 0 radical (unpaired) electrons. The molecule has 2 rings (SSSR count). The molecule has 0 aliphatic rings. The molecule has 1 heterocycles. The number of hydrogen-bond donors (Lipinski definition) is 0. The van der Waals surface area contributed by atoms with Gasteiger partial charge < -0.3 is 0 Å². The lowest BCUT2D eigenvalue weighted by atomic mass is 10.1. The van der Waals surface area contributed by atoms with Crippen LogP contribution in [0.4, 0.5) is 4.39 Å². The van der Waals surface area contributed by atoms with Crippen LogP contribution in [-0.4, -0.2) is 10.2 Å². The summed E-state index contributed by atoms with van der Waals surface area (Å²) in [6, 6.07) is 8.36. The lowest BCUT2D eigenvalue weighted by Crippen LogP contribution is -1.94. The molecule has 2 aromatic rings. The molecule has 0 atom stereocenters. The van der Waals surface area contributed by atoms with Crippen molar-refractivity contribution < 1.29 is 4.39 Å². The first-order valence-corrected chi connectivity index (χ1v) is 5.25. The van der Waals surface area contributed by atoms with E-state index in [0.717, 1.165) is 15.7 Å². The van der Waals surface area contributed by atoms with Crippen LogP contribution < -0.4 is 0 Å². The molecule has 0 spiro atoms. The molecule has 76 valence electrons. The highest BCUT2D eigenvalue weighted by molar-refractivity contribution is 9.10. The molecule has 0 N–H and O–H groups in total. The van der Waals surface area contributed by atoms with Crippen molar-refractivity contribution in [3.05, 3.63) is 58.1 Å². The SMILES string of the molecule is Fc1cccc(Cc2cc(Br)cnn2)c1. The molecule has 2 nitrogen and oxygen atoms in total. The van der Waals surface area contributed by atoms with E-state index in [4.69, 9.17) is 0 Å². The van der Waals surface area contributed by atoms with Crippen molar-refractivity contribution in [2.24, 2.45) is 0 Å². The maximum Gasteiger partial charge on any atom is 0.123 e. The summed E-state index contributed by atoms with van der Waals surface area (Å²) in [5.41, 5.74) is 1.71. The summed E-state index contributed by atoms with van der Waals surface area (Å²) in [6.45, 7) is 0. The lowest BCUT2D eigenvalue weighted by molar-refractivity contribution is 0.626. The van der Waals surface area contributed by atoms with Crippen molar-refractivity contribution in [2.45, 2.75) is 6.42 Å². The van der Waals surface area contributed by atoms with Gasteiger partial charge in [0.2, 0.25) is 0 Å². The van der Waals surface area contributed by atoms with Gasteiger partial charge >= 0.3 is 0 Å². The zero-order chi connectivity index (χ0) is 10.7. The summed E-state index contributed by atoms with van der Waals surface area (Å²) >= 11 is 3.31. The quantitative estimate of drug-likeness (QED) is 0.836. The molecular formula is C11H8BrFN2. The molecule has 0 saturated carbocycles. The molecule has 0 bridgehead atoms. The molecule has 1 aromatic carbocycles. The Balaban J connectivity index is 2.22. The van der Waals surface area contributed by atoms with Gasteiger partial charge in [0.05, 0.1) is 11.9 Å². The number of hydrogen-bond acceptors (Lipinski definition) is 2. The van der Waals surface area contributed by atoms with E-state index in [9.17, 15) is 4.39 Å². The molecule has 15 heavy (non-hydrogen) atoms. The zero-order valence-corrected chi connectivity index (χ0v) is 9.41. The first-order chi connectivity index (χ1) is 7.24. The summed E-state index contributed by atoms with van der Waals surface area (Å²) in [7, 11) is 0. The zero-order valence-electron chi connectivity index (χ0n) is 7.82. The van der Waals surface area contributed by atoms with Crippen LogP contribution in [0, 0.1) is 5.82 Å². The van der Waals surface area contributed by atoms with Gasteiger partial charge in [-0.2, -0.15) is 10.2 Å². The topological polar surface area (TPSA) is 25.8 Å². The van der Waals surface area contributed by atoms with E-state index in [-0.39, 0.29) is 5.82 Å². The van der Waals surface area contributed by atoms with E-state index in [0.29, 0.717) is 6.42 Å². The average molecular weight is 267 g/mol. The summed E-state index contributed by atoms with van der Waals surface area (Å²) in [5.74, 6) is -0.226. The third-order valence-corrected chi connectivity index (χ3v) is 2.38. The number of aromatic nitrogens is 2. The minimum atomic E-state index is -0.226. The van der Waals surface area contributed by atoms with E-state index < -0.39 is 0 Å². The number of nitrogens with zero attached hydrogens (tertiary/aromatic N) is 2. The summed E-state index contributed by atoms with van der Waals surface area (Å²) in [4.78, 5) is 0. The van der Waals surface area contributed by atoms with E-state index in [1.807, 2.05) is 12.1 Å². The Morgan fingerprint density at radius 1 is 1.27 bits per heavy atom. The van der Waals surface area contributed by atoms with Crippen molar-refractivity contribution in [2.75, 3.05) is 0 Å². The van der Waals surface area contributed by atoms with Crippen LogP contribution in [0.1, 0.15) is 11.3 Å². The molecule has 0 saturated heterocycles. The lowest BCUT2D eigenvalue weighted by Gasteiger charge is -2.00. The maximum absolute atomic E-state index is 12.9. The van der Waals surface area contributed by atoms with Gasteiger partial charge in [-0.05, 0) is 39.7 Å². The smallest absolute Gasteiger partial charge is 0.123 e. The van der Waals surface area contributed by atoms with Crippen LogP contribution in [0.3, 0.4) is 0 Å². The third kappa shape index (κ3) is 2.83. The minimum absolute atomic E-state index is 0.226. The fourth-order valence-corrected chi connectivity index (χ4v) is 1.68. The van der Waals surface area contributed by atoms with Gasteiger partial charge in [0.1, 0.15) is 5.82 Å². The Morgan fingerprint density at radius 2 is 2.13 bits per heavy atom. The number of rotatable bonds is 2. The maximum atomic E-state index is 12.9. The molecule has 0 unspecified atom stereocenters. The third-order valence-electron chi connectivity index (χ3n) is 1.95. The van der Waals surface area contributed by atoms with E-state index in [1.54, 1.807) is 12.3 Å².